The van der Waals surface area contributed by atoms with E-state index in [1.54, 1.807) is 6.26 Å². The highest BCUT2D eigenvalue weighted by molar-refractivity contribution is 4.99. The number of hydrogen-bond donors (Lipinski definition) is 0. The quantitative estimate of drug-likeness (QED) is 0.833. The molecule has 0 amide bonds. The molecule has 3 heteroatoms. The van der Waals surface area contributed by atoms with Gasteiger partial charge in [0, 0.05) is 32.2 Å². The molecule has 4 rings (SSSR count). The van der Waals surface area contributed by atoms with Crippen LogP contribution in [0.1, 0.15) is 31.4 Å². The van der Waals surface area contributed by atoms with Crippen molar-refractivity contribution in [3.05, 3.63) is 24.2 Å². The van der Waals surface area contributed by atoms with Crippen LogP contribution in [0.25, 0.3) is 0 Å². The molecule has 0 spiro atoms. The molecule has 19 heavy (non-hydrogen) atoms. The van der Waals surface area contributed by atoms with Gasteiger partial charge in [0.2, 0.25) is 0 Å². The molecule has 3 fully saturated rings. The van der Waals surface area contributed by atoms with E-state index in [1.165, 1.54) is 51.9 Å². The summed E-state index contributed by atoms with van der Waals surface area (Å²) in [4.78, 5) is 5.31. The van der Waals surface area contributed by atoms with Crippen LogP contribution in [0.5, 0.6) is 0 Å². The monoisotopic (exact) mass is 260 g/mol. The fraction of sp³-hybridized carbons (Fsp3) is 0.750. The molecule has 1 aliphatic heterocycles. The van der Waals surface area contributed by atoms with Gasteiger partial charge in [0.25, 0.3) is 0 Å². The Morgan fingerprint density at radius 2 is 2.00 bits per heavy atom. The average Bonchev–Trinajstić information content (AvgIpc) is 3.16. The predicted octanol–water partition coefficient (Wildman–Crippen LogP) is 2.59. The van der Waals surface area contributed by atoms with E-state index in [1.807, 2.05) is 6.07 Å². The van der Waals surface area contributed by atoms with Crippen molar-refractivity contribution in [2.75, 3.05) is 26.2 Å². The molecule has 3 nitrogen and oxygen atoms in total. The van der Waals surface area contributed by atoms with Gasteiger partial charge in [0.05, 0.1) is 12.8 Å². The highest BCUT2D eigenvalue weighted by atomic mass is 16.3. The summed E-state index contributed by atoms with van der Waals surface area (Å²) < 4.78 is 5.45. The zero-order valence-electron chi connectivity index (χ0n) is 11.6. The van der Waals surface area contributed by atoms with E-state index in [9.17, 15) is 0 Å². The minimum atomic E-state index is 0.921. The van der Waals surface area contributed by atoms with Gasteiger partial charge in [-0.1, -0.05) is 6.42 Å². The van der Waals surface area contributed by atoms with E-state index in [2.05, 4.69) is 15.9 Å². The lowest BCUT2D eigenvalue weighted by Gasteiger charge is -2.40. The van der Waals surface area contributed by atoms with Crippen molar-refractivity contribution in [3.8, 4) is 0 Å². The summed E-state index contributed by atoms with van der Waals surface area (Å²) in [6.07, 6.45) is 7.81. The number of nitrogens with zero attached hydrogens (tertiary/aromatic N) is 2. The minimum absolute atomic E-state index is 0.921. The molecule has 2 saturated carbocycles. The molecule has 0 aromatic carbocycles. The molecule has 2 heterocycles. The van der Waals surface area contributed by atoms with Gasteiger partial charge in [-0.05, 0) is 43.2 Å². The molecule has 2 aliphatic carbocycles. The number of furan rings is 1. The summed E-state index contributed by atoms with van der Waals surface area (Å²) in [5, 5.41) is 0. The third-order valence-electron chi connectivity index (χ3n) is 5.54. The fourth-order valence-electron chi connectivity index (χ4n) is 4.53. The molecule has 1 saturated heterocycles. The molecule has 2 bridgehead atoms. The summed E-state index contributed by atoms with van der Waals surface area (Å²) >= 11 is 0. The lowest BCUT2D eigenvalue weighted by atomic mass is 9.93. The van der Waals surface area contributed by atoms with Crippen molar-refractivity contribution in [2.24, 2.45) is 11.8 Å². The Kier molecular flexibility index (Phi) is 3.12. The summed E-state index contributed by atoms with van der Waals surface area (Å²) in [5.41, 5.74) is 0. The van der Waals surface area contributed by atoms with Crippen molar-refractivity contribution in [3.63, 3.8) is 0 Å². The number of fused-ring (bicyclic) bond motifs is 2. The van der Waals surface area contributed by atoms with E-state index in [0.717, 1.165) is 30.2 Å². The highest BCUT2D eigenvalue weighted by Gasteiger charge is 2.42. The standard InChI is InChI=1S/C16H24N2O/c1-2-15(19-9-1)12-17-5-7-18(8-6-17)16-11-13-3-4-14(16)10-13/h1-2,9,13-14,16H,3-8,10-12H2/t13-,14+,16+/m0/s1. The molecule has 0 radical (unpaired) electrons. The van der Waals surface area contributed by atoms with Crippen molar-refractivity contribution in [1.29, 1.82) is 0 Å². The van der Waals surface area contributed by atoms with Crippen LogP contribution in [-0.4, -0.2) is 42.0 Å². The van der Waals surface area contributed by atoms with E-state index in [4.69, 9.17) is 4.42 Å². The van der Waals surface area contributed by atoms with Gasteiger partial charge in [0.1, 0.15) is 5.76 Å². The first-order chi connectivity index (χ1) is 9.38. The van der Waals surface area contributed by atoms with Crippen LogP contribution in [-0.2, 0) is 6.54 Å². The van der Waals surface area contributed by atoms with Crippen LogP contribution < -0.4 is 0 Å². The molecule has 3 aliphatic rings. The fourth-order valence-corrected chi connectivity index (χ4v) is 4.53. The van der Waals surface area contributed by atoms with Crippen molar-refractivity contribution in [2.45, 2.75) is 38.3 Å². The third kappa shape index (κ3) is 2.34. The third-order valence-corrected chi connectivity index (χ3v) is 5.54. The molecule has 0 unspecified atom stereocenters. The van der Waals surface area contributed by atoms with Crippen LogP contribution in [0.3, 0.4) is 0 Å². The zero-order chi connectivity index (χ0) is 12.7. The molecule has 1 aromatic rings. The first-order valence-electron chi connectivity index (χ1n) is 7.87. The van der Waals surface area contributed by atoms with Gasteiger partial charge in [-0.15, -0.1) is 0 Å². The Labute approximate surface area is 115 Å². The Bertz CT molecular complexity index is 408. The number of rotatable bonds is 3. The summed E-state index contributed by atoms with van der Waals surface area (Å²) in [5.74, 6) is 3.20. The largest absolute Gasteiger partial charge is 0.468 e. The van der Waals surface area contributed by atoms with Crippen molar-refractivity contribution >= 4 is 0 Å². The van der Waals surface area contributed by atoms with Crippen LogP contribution >= 0.6 is 0 Å². The summed E-state index contributed by atoms with van der Waals surface area (Å²) in [6.45, 7) is 5.91. The first kappa shape index (κ1) is 12.0. The molecule has 3 atom stereocenters. The van der Waals surface area contributed by atoms with Gasteiger partial charge in [0.15, 0.2) is 0 Å². The maximum Gasteiger partial charge on any atom is 0.117 e. The molecule has 0 N–H and O–H groups in total. The normalized spacial score (nSPS) is 36.1. The van der Waals surface area contributed by atoms with E-state index >= 15 is 0 Å². The topological polar surface area (TPSA) is 19.6 Å². The van der Waals surface area contributed by atoms with Crippen molar-refractivity contribution in [1.82, 2.24) is 9.80 Å². The van der Waals surface area contributed by atoms with Gasteiger partial charge in [-0.2, -0.15) is 0 Å². The maximum atomic E-state index is 5.45. The van der Waals surface area contributed by atoms with Gasteiger partial charge >= 0.3 is 0 Å². The Morgan fingerprint density at radius 3 is 2.63 bits per heavy atom. The van der Waals surface area contributed by atoms with Crippen LogP contribution in [0.2, 0.25) is 0 Å². The van der Waals surface area contributed by atoms with E-state index in [-0.39, 0.29) is 0 Å². The minimum Gasteiger partial charge on any atom is -0.468 e. The lowest BCUT2D eigenvalue weighted by Crippen LogP contribution is -2.51. The van der Waals surface area contributed by atoms with Gasteiger partial charge < -0.3 is 4.42 Å². The van der Waals surface area contributed by atoms with Crippen molar-refractivity contribution < 1.29 is 4.42 Å². The number of hydrogen-bond acceptors (Lipinski definition) is 3. The van der Waals surface area contributed by atoms with Crippen LogP contribution in [0.4, 0.5) is 0 Å². The van der Waals surface area contributed by atoms with E-state index < -0.39 is 0 Å². The average molecular weight is 260 g/mol. The zero-order valence-corrected chi connectivity index (χ0v) is 11.6. The molecule has 104 valence electrons. The first-order valence-corrected chi connectivity index (χ1v) is 7.87. The van der Waals surface area contributed by atoms with Crippen LogP contribution in [0, 0.1) is 11.8 Å². The highest BCUT2D eigenvalue weighted by Crippen LogP contribution is 2.46. The Hall–Kier alpha value is -0.800. The molecular weight excluding hydrogens is 236 g/mol. The summed E-state index contributed by atoms with van der Waals surface area (Å²) in [7, 11) is 0. The van der Waals surface area contributed by atoms with Gasteiger partial charge in [-0.3, -0.25) is 9.80 Å². The van der Waals surface area contributed by atoms with E-state index in [0.29, 0.717) is 0 Å². The Balaban J connectivity index is 1.30. The lowest BCUT2D eigenvalue weighted by molar-refractivity contribution is 0.0650. The summed E-state index contributed by atoms with van der Waals surface area (Å²) in [6, 6.07) is 4.99. The maximum absolute atomic E-state index is 5.45. The smallest absolute Gasteiger partial charge is 0.117 e. The van der Waals surface area contributed by atoms with Gasteiger partial charge in [-0.25, -0.2) is 0 Å². The second kappa shape index (κ2) is 4.95. The molecular formula is C16H24N2O. The Morgan fingerprint density at radius 1 is 1.11 bits per heavy atom. The second-order valence-corrected chi connectivity index (χ2v) is 6.63. The SMILES string of the molecule is c1coc(CN2CCN([C@@H]3C[C@H]4CC[C@@H]3C4)CC2)c1. The second-order valence-electron chi connectivity index (χ2n) is 6.63. The van der Waals surface area contributed by atoms with Crippen LogP contribution in [0.15, 0.2) is 22.8 Å². The predicted molar refractivity (Wildman–Crippen MR) is 74.8 cm³/mol. The number of piperazine rings is 1. The molecule has 1 aromatic heterocycles.